The van der Waals surface area contributed by atoms with Crippen molar-refractivity contribution in [2.75, 3.05) is 20.2 Å². The number of nitrogens with one attached hydrogen (secondary N) is 1. The Balaban J connectivity index is 1.91. The molecule has 0 atom stereocenters. The topological polar surface area (TPSA) is 75.3 Å². The highest BCUT2D eigenvalue weighted by molar-refractivity contribution is 5.92. The lowest BCUT2D eigenvalue weighted by atomic mass is 9.97. The molecule has 2 rings (SSSR count). The maximum absolute atomic E-state index is 11.9. The molecule has 0 aliphatic carbocycles. The van der Waals surface area contributed by atoms with E-state index in [9.17, 15) is 9.59 Å². The van der Waals surface area contributed by atoms with Gasteiger partial charge in [-0.1, -0.05) is 0 Å². The van der Waals surface area contributed by atoms with Gasteiger partial charge in [0.05, 0.1) is 13.0 Å². The van der Waals surface area contributed by atoms with Gasteiger partial charge in [0.25, 0.3) is 5.91 Å². The van der Waals surface area contributed by atoms with E-state index in [0.717, 1.165) is 0 Å². The molecule has 0 unspecified atom stereocenters. The number of hydrogen-bond acceptors (Lipinski definition) is 4. The number of aromatic nitrogens is 2. The van der Waals surface area contributed by atoms with Gasteiger partial charge in [-0.05, 0) is 18.9 Å². The Morgan fingerprint density at radius 3 is 2.71 bits per heavy atom. The Labute approximate surface area is 98.9 Å². The molecule has 0 aromatic carbocycles. The van der Waals surface area contributed by atoms with Crippen molar-refractivity contribution in [1.29, 1.82) is 0 Å². The smallest absolute Gasteiger partial charge is 0.308 e. The highest BCUT2D eigenvalue weighted by Gasteiger charge is 2.28. The van der Waals surface area contributed by atoms with Crippen molar-refractivity contribution in [1.82, 2.24) is 15.1 Å². The Morgan fingerprint density at radius 2 is 2.18 bits per heavy atom. The Morgan fingerprint density at radius 1 is 1.47 bits per heavy atom. The van der Waals surface area contributed by atoms with Crippen molar-refractivity contribution in [2.24, 2.45) is 5.92 Å². The second-order valence-electron chi connectivity index (χ2n) is 4.05. The van der Waals surface area contributed by atoms with Crippen molar-refractivity contribution >= 4 is 11.9 Å². The molecule has 1 aliphatic heterocycles. The summed E-state index contributed by atoms with van der Waals surface area (Å²) in [7, 11) is 1.39. The molecule has 1 N–H and O–H groups in total. The minimum absolute atomic E-state index is 0.0803. The maximum Gasteiger partial charge on any atom is 0.308 e. The van der Waals surface area contributed by atoms with Crippen LogP contribution in [0.3, 0.4) is 0 Å². The monoisotopic (exact) mass is 237 g/mol. The number of rotatable bonds is 2. The molecule has 0 saturated carbocycles. The first-order valence-corrected chi connectivity index (χ1v) is 5.59. The number of ether oxygens (including phenoxy) is 1. The number of nitrogens with zero attached hydrogens (tertiary/aromatic N) is 2. The fourth-order valence-electron chi connectivity index (χ4n) is 2.03. The molecule has 0 spiro atoms. The lowest BCUT2D eigenvalue weighted by Crippen LogP contribution is -2.40. The van der Waals surface area contributed by atoms with Gasteiger partial charge in [0.2, 0.25) is 0 Å². The van der Waals surface area contributed by atoms with Crippen LogP contribution in [0.25, 0.3) is 0 Å². The summed E-state index contributed by atoms with van der Waals surface area (Å²) in [5, 5.41) is 6.47. The van der Waals surface area contributed by atoms with Crippen LogP contribution in [-0.2, 0) is 9.53 Å². The van der Waals surface area contributed by atoms with Crippen LogP contribution in [0.4, 0.5) is 0 Å². The molecule has 6 nitrogen and oxygen atoms in total. The third-order valence-electron chi connectivity index (χ3n) is 3.04. The van der Waals surface area contributed by atoms with E-state index in [1.54, 1.807) is 17.2 Å². The van der Waals surface area contributed by atoms with Crippen LogP contribution >= 0.6 is 0 Å². The predicted molar refractivity (Wildman–Crippen MR) is 59.2 cm³/mol. The van der Waals surface area contributed by atoms with Gasteiger partial charge in [0.1, 0.15) is 5.69 Å². The van der Waals surface area contributed by atoms with Crippen molar-refractivity contribution in [2.45, 2.75) is 12.8 Å². The van der Waals surface area contributed by atoms with Gasteiger partial charge in [-0.2, -0.15) is 5.10 Å². The van der Waals surface area contributed by atoms with E-state index in [2.05, 4.69) is 10.2 Å². The van der Waals surface area contributed by atoms with E-state index >= 15 is 0 Å². The van der Waals surface area contributed by atoms with E-state index in [0.29, 0.717) is 31.6 Å². The van der Waals surface area contributed by atoms with E-state index in [1.807, 2.05) is 0 Å². The van der Waals surface area contributed by atoms with E-state index < -0.39 is 0 Å². The van der Waals surface area contributed by atoms with Gasteiger partial charge < -0.3 is 9.64 Å². The molecule has 92 valence electrons. The Hall–Kier alpha value is -1.85. The summed E-state index contributed by atoms with van der Waals surface area (Å²) >= 11 is 0. The van der Waals surface area contributed by atoms with Gasteiger partial charge >= 0.3 is 5.97 Å². The van der Waals surface area contributed by atoms with Crippen molar-refractivity contribution in [3.63, 3.8) is 0 Å². The molecule has 1 amide bonds. The summed E-state index contributed by atoms with van der Waals surface area (Å²) in [6.07, 6.45) is 2.93. The normalized spacial score (nSPS) is 16.9. The molecule has 1 aliphatic rings. The first-order valence-electron chi connectivity index (χ1n) is 5.59. The fraction of sp³-hybridized carbons (Fsp3) is 0.545. The highest BCUT2D eigenvalue weighted by atomic mass is 16.5. The van der Waals surface area contributed by atoms with Gasteiger partial charge in [0.15, 0.2) is 0 Å². The minimum atomic E-state index is -0.183. The maximum atomic E-state index is 11.9. The Bertz CT molecular complexity index is 394. The molecule has 0 bridgehead atoms. The van der Waals surface area contributed by atoms with Crippen LogP contribution in [-0.4, -0.2) is 47.2 Å². The zero-order valence-corrected chi connectivity index (χ0v) is 9.68. The summed E-state index contributed by atoms with van der Waals surface area (Å²) in [4.78, 5) is 25.0. The molecular weight excluding hydrogens is 222 g/mol. The molecule has 1 aromatic heterocycles. The summed E-state index contributed by atoms with van der Waals surface area (Å²) in [6, 6.07) is 1.65. The zero-order chi connectivity index (χ0) is 12.3. The summed E-state index contributed by atoms with van der Waals surface area (Å²) < 4.78 is 4.70. The highest BCUT2D eigenvalue weighted by Crippen LogP contribution is 2.19. The van der Waals surface area contributed by atoms with Crippen LogP contribution in [0, 0.1) is 5.92 Å². The van der Waals surface area contributed by atoms with Gasteiger partial charge in [-0.25, -0.2) is 0 Å². The molecule has 0 radical (unpaired) electrons. The van der Waals surface area contributed by atoms with Crippen LogP contribution in [0.5, 0.6) is 0 Å². The molecule has 2 heterocycles. The first-order chi connectivity index (χ1) is 8.22. The standard InChI is InChI=1S/C11H15N3O3/c1-17-11(16)8-3-6-14(7-4-8)10(15)9-2-5-12-13-9/h2,5,8H,3-4,6-7H2,1H3,(H,12,13). The van der Waals surface area contributed by atoms with Crippen molar-refractivity contribution < 1.29 is 14.3 Å². The van der Waals surface area contributed by atoms with Gasteiger partial charge in [-0.15, -0.1) is 0 Å². The van der Waals surface area contributed by atoms with E-state index in [4.69, 9.17) is 4.74 Å². The largest absolute Gasteiger partial charge is 0.469 e. The number of aromatic amines is 1. The molecule has 1 fully saturated rings. The van der Waals surface area contributed by atoms with E-state index in [-0.39, 0.29) is 17.8 Å². The van der Waals surface area contributed by atoms with Crippen LogP contribution in [0.15, 0.2) is 12.3 Å². The average Bonchev–Trinajstić information content (AvgIpc) is 2.91. The lowest BCUT2D eigenvalue weighted by Gasteiger charge is -2.30. The van der Waals surface area contributed by atoms with Crippen molar-refractivity contribution in [3.8, 4) is 0 Å². The van der Waals surface area contributed by atoms with Crippen LogP contribution in [0.2, 0.25) is 0 Å². The second kappa shape index (κ2) is 4.99. The van der Waals surface area contributed by atoms with Crippen LogP contribution in [0.1, 0.15) is 23.3 Å². The molecule has 6 heteroatoms. The number of carbonyl (C=O) groups excluding carboxylic acids is 2. The number of H-pyrrole nitrogens is 1. The number of esters is 1. The van der Waals surface area contributed by atoms with Gasteiger partial charge in [0, 0.05) is 19.3 Å². The lowest BCUT2D eigenvalue weighted by molar-refractivity contribution is -0.146. The summed E-state index contributed by atoms with van der Waals surface area (Å²) in [5.74, 6) is -0.352. The first kappa shape index (κ1) is 11.6. The third-order valence-corrected chi connectivity index (χ3v) is 3.04. The summed E-state index contributed by atoms with van der Waals surface area (Å²) in [6.45, 7) is 1.15. The molecule has 17 heavy (non-hydrogen) atoms. The van der Waals surface area contributed by atoms with E-state index in [1.165, 1.54) is 7.11 Å². The van der Waals surface area contributed by atoms with Gasteiger partial charge in [-0.3, -0.25) is 14.7 Å². The quantitative estimate of drug-likeness (QED) is 0.757. The number of methoxy groups -OCH3 is 1. The molecule has 1 aromatic rings. The summed E-state index contributed by atoms with van der Waals surface area (Å²) in [5.41, 5.74) is 0.418. The number of hydrogen-bond donors (Lipinski definition) is 1. The Kier molecular flexibility index (Phi) is 3.41. The third kappa shape index (κ3) is 2.46. The number of likely N-dealkylation sites (tertiary alicyclic amines) is 1. The van der Waals surface area contributed by atoms with Crippen LogP contribution < -0.4 is 0 Å². The molecule has 1 saturated heterocycles. The zero-order valence-electron chi connectivity index (χ0n) is 9.68. The SMILES string of the molecule is COC(=O)C1CCN(C(=O)c2cc[nH]n2)CC1. The number of carbonyl (C=O) groups is 2. The molecular formula is C11H15N3O3. The minimum Gasteiger partial charge on any atom is -0.469 e. The number of amides is 1. The predicted octanol–water partition coefficient (Wildman–Crippen LogP) is 0.435. The second-order valence-corrected chi connectivity index (χ2v) is 4.05. The average molecular weight is 237 g/mol. The number of piperidine rings is 1. The van der Waals surface area contributed by atoms with Crippen molar-refractivity contribution in [3.05, 3.63) is 18.0 Å². The fourth-order valence-corrected chi connectivity index (χ4v) is 2.03.